The molecule has 0 spiro atoms. The van der Waals surface area contributed by atoms with Crippen LogP contribution in [0.2, 0.25) is 0 Å². The van der Waals surface area contributed by atoms with Gasteiger partial charge < -0.3 is 0 Å². The molecular weight excluding hydrogens is 329 g/mol. The molecule has 0 saturated carbocycles. The molecule has 1 nitrogen and oxygen atoms in total. The van der Waals surface area contributed by atoms with Gasteiger partial charge in [-0.05, 0) is 34.1 Å². The monoisotopic (exact) mass is 334 g/mol. The number of alkyl halides is 3. The molecular formula is C12H6BrF3OS. The van der Waals surface area contributed by atoms with Gasteiger partial charge in [-0.2, -0.15) is 13.2 Å². The third kappa shape index (κ3) is 2.81. The van der Waals surface area contributed by atoms with Gasteiger partial charge in [-0.1, -0.05) is 12.1 Å². The predicted octanol–water partition coefficient (Wildman–Crippen LogP) is 4.76. The second-order valence-electron chi connectivity index (χ2n) is 3.55. The maximum atomic E-state index is 12.5. The molecule has 0 aliphatic carbocycles. The molecule has 94 valence electrons. The first-order chi connectivity index (χ1) is 8.38. The van der Waals surface area contributed by atoms with Gasteiger partial charge in [0.15, 0.2) is 5.78 Å². The Morgan fingerprint density at radius 3 is 2.44 bits per heavy atom. The molecule has 6 heteroatoms. The summed E-state index contributed by atoms with van der Waals surface area (Å²) >= 11 is 4.52. The van der Waals surface area contributed by atoms with E-state index >= 15 is 0 Å². The quantitative estimate of drug-likeness (QED) is 0.723. The number of benzene rings is 1. The first-order valence-corrected chi connectivity index (χ1v) is 6.51. The van der Waals surface area contributed by atoms with Gasteiger partial charge in [-0.25, -0.2) is 0 Å². The fourth-order valence-electron chi connectivity index (χ4n) is 1.43. The highest BCUT2D eigenvalue weighted by Crippen LogP contribution is 2.30. The van der Waals surface area contributed by atoms with Crippen LogP contribution in [-0.4, -0.2) is 5.78 Å². The molecule has 0 bridgehead atoms. The Kier molecular flexibility index (Phi) is 3.59. The molecule has 0 aliphatic rings. The van der Waals surface area contributed by atoms with Crippen molar-refractivity contribution in [1.29, 1.82) is 0 Å². The van der Waals surface area contributed by atoms with Crippen LogP contribution in [0.5, 0.6) is 0 Å². The molecule has 1 aromatic carbocycles. The summed E-state index contributed by atoms with van der Waals surface area (Å²) in [5.41, 5.74) is -0.399. The first-order valence-electron chi connectivity index (χ1n) is 4.84. The van der Waals surface area contributed by atoms with Crippen LogP contribution in [-0.2, 0) is 6.18 Å². The van der Waals surface area contributed by atoms with E-state index in [4.69, 9.17) is 0 Å². The van der Waals surface area contributed by atoms with E-state index in [1.165, 1.54) is 23.5 Å². The highest BCUT2D eigenvalue weighted by molar-refractivity contribution is 9.11. The van der Waals surface area contributed by atoms with Crippen LogP contribution in [0.15, 0.2) is 39.5 Å². The molecule has 0 unspecified atom stereocenters. The van der Waals surface area contributed by atoms with Crippen LogP contribution < -0.4 is 0 Å². The Morgan fingerprint density at radius 1 is 1.17 bits per heavy atom. The molecule has 0 fully saturated rings. The number of carbonyl (C=O) groups is 1. The zero-order chi connectivity index (χ0) is 13.3. The summed E-state index contributed by atoms with van der Waals surface area (Å²) in [6, 6.07) is 6.02. The molecule has 2 aromatic rings. The van der Waals surface area contributed by atoms with E-state index in [1.54, 1.807) is 11.4 Å². The van der Waals surface area contributed by atoms with Crippen LogP contribution >= 0.6 is 27.3 Å². The molecule has 1 aromatic heterocycles. The molecule has 0 atom stereocenters. The molecule has 0 aliphatic heterocycles. The van der Waals surface area contributed by atoms with E-state index in [0.29, 0.717) is 5.56 Å². The topological polar surface area (TPSA) is 17.1 Å². The normalized spacial score (nSPS) is 11.6. The summed E-state index contributed by atoms with van der Waals surface area (Å²) in [4.78, 5) is 12.0. The lowest BCUT2D eigenvalue weighted by molar-refractivity contribution is -0.137. The Hall–Kier alpha value is -1.14. The van der Waals surface area contributed by atoms with Crippen molar-refractivity contribution >= 4 is 33.0 Å². The van der Waals surface area contributed by atoms with Gasteiger partial charge in [0.05, 0.1) is 9.35 Å². The van der Waals surface area contributed by atoms with Crippen molar-refractivity contribution in [3.63, 3.8) is 0 Å². The van der Waals surface area contributed by atoms with Crippen molar-refractivity contribution in [2.24, 2.45) is 0 Å². The molecule has 1 heterocycles. The predicted molar refractivity (Wildman–Crippen MR) is 66.9 cm³/mol. The number of halogens is 4. The number of hydrogen-bond acceptors (Lipinski definition) is 2. The van der Waals surface area contributed by atoms with E-state index in [0.717, 1.165) is 15.9 Å². The second kappa shape index (κ2) is 4.85. The van der Waals surface area contributed by atoms with Crippen LogP contribution in [0, 0.1) is 0 Å². The van der Waals surface area contributed by atoms with E-state index in [1.807, 2.05) is 0 Å². The maximum Gasteiger partial charge on any atom is 0.416 e. The molecule has 0 N–H and O–H groups in total. The van der Waals surface area contributed by atoms with E-state index in [9.17, 15) is 18.0 Å². The minimum atomic E-state index is -4.44. The summed E-state index contributed by atoms with van der Waals surface area (Å²) in [5.74, 6) is -0.414. The maximum absolute atomic E-state index is 12.5. The summed E-state index contributed by atoms with van der Waals surface area (Å²) in [5, 5.41) is 1.60. The van der Waals surface area contributed by atoms with E-state index in [-0.39, 0.29) is 5.56 Å². The second-order valence-corrected chi connectivity index (χ2v) is 5.84. The van der Waals surface area contributed by atoms with E-state index in [2.05, 4.69) is 15.9 Å². The molecule has 18 heavy (non-hydrogen) atoms. The average Bonchev–Trinajstić information content (AvgIpc) is 2.74. The fraction of sp³-hybridized carbons (Fsp3) is 0.0833. The van der Waals surface area contributed by atoms with Crippen LogP contribution in [0.4, 0.5) is 13.2 Å². The minimum absolute atomic E-state index is 0.0372. The van der Waals surface area contributed by atoms with Crippen molar-refractivity contribution in [2.45, 2.75) is 6.18 Å². The summed E-state index contributed by atoms with van der Waals surface area (Å²) in [7, 11) is 0. The third-order valence-electron chi connectivity index (χ3n) is 2.28. The van der Waals surface area contributed by atoms with Crippen molar-refractivity contribution < 1.29 is 18.0 Å². The molecule has 0 saturated heterocycles. The molecule has 0 radical (unpaired) electrons. The molecule has 2 rings (SSSR count). The summed E-state index contributed by atoms with van der Waals surface area (Å²) in [6.45, 7) is 0. The Labute approximate surface area is 113 Å². The number of carbonyl (C=O) groups excluding carboxylic acids is 1. The molecule has 0 amide bonds. The smallest absolute Gasteiger partial charge is 0.289 e. The SMILES string of the molecule is O=C(c1cccc(C(F)(F)F)c1)c1csc(Br)c1. The highest BCUT2D eigenvalue weighted by Gasteiger charge is 2.31. The van der Waals surface area contributed by atoms with Crippen LogP contribution in [0.25, 0.3) is 0 Å². The Balaban J connectivity index is 2.37. The van der Waals surface area contributed by atoms with Crippen LogP contribution in [0.1, 0.15) is 21.5 Å². The summed E-state index contributed by atoms with van der Waals surface area (Å²) in [6.07, 6.45) is -4.44. The number of hydrogen-bond donors (Lipinski definition) is 0. The Bertz CT molecular complexity index is 589. The number of ketones is 1. The van der Waals surface area contributed by atoms with Gasteiger partial charge in [-0.3, -0.25) is 4.79 Å². The largest absolute Gasteiger partial charge is 0.416 e. The lowest BCUT2D eigenvalue weighted by Crippen LogP contribution is -2.07. The average molecular weight is 335 g/mol. The number of thiophene rings is 1. The lowest BCUT2D eigenvalue weighted by atomic mass is 10.0. The van der Waals surface area contributed by atoms with Gasteiger partial charge >= 0.3 is 6.18 Å². The van der Waals surface area contributed by atoms with Crippen molar-refractivity contribution in [3.05, 3.63) is 56.2 Å². The first kappa shape index (κ1) is 13.3. The summed E-state index contributed by atoms with van der Waals surface area (Å²) < 4.78 is 38.3. The minimum Gasteiger partial charge on any atom is -0.289 e. The van der Waals surface area contributed by atoms with Gasteiger partial charge in [0.2, 0.25) is 0 Å². The zero-order valence-corrected chi connectivity index (χ0v) is 11.2. The number of rotatable bonds is 2. The van der Waals surface area contributed by atoms with Gasteiger partial charge in [0.25, 0.3) is 0 Å². The van der Waals surface area contributed by atoms with Crippen LogP contribution in [0.3, 0.4) is 0 Å². The van der Waals surface area contributed by atoms with Gasteiger partial charge in [0, 0.05) is 16.5 Å². The fourth-order valence-corrected chi connectivity index (χ4v) is 2.57. The zero-order valence-electron chi connectivity index (χ0n) is 8.79. The lowest BCUT2D eigenvalue weighted by Gasteiger charge is -2.07. The highest BCUT2D eigenvalue weighted by atomic mass is 79.9. The third-order valence-corrected chi connectivity index (χ3v) is 3.79. The van der Waals surface area contributed by atoms with Gasteiger partial charge in [0.1, 0.15) is 0 Å². The van der Waals surface area contributed by atoms with E-state index < -0.39 is 17.5 Å². The van der Waals surface area contributed by atoms with Crippen molar-refractivity contribution in [3.8, 4) is 0 Å². The standard InChI is InChI=1S/C12H6BrF3OS/c13-10-5-8(6-18-10)11(17)7-2-1-3-9(4-7)12(14,15)16/h1-6H. The van der Waals surface area contributed by atoms with Crippen molar-refractivity contribution in [2.75, 3.05) is 0 Å². The Morgan fingerprint density at radius 2 is 1.89 bits per heavy atom. The van der Waals surface area contributed by atoms with Gasteiger partial charge in [-0.15, -0.1) is 11.3 Å². The van der Waals surface area contributed by atoms with Crippen molar-refractivity contribution in [1.82, 2.24) is 0 Å².